The quantitative estimate of drug-likeness (QED) is 0.633. The molecule has 0 aliphatic carbocycles. The average molecular weight is 435 g/mol. The highest BCUT2D eigenvalue weighted by molar-refractivity contribution is 9.10. The van der Waals surface area contributed by atoms with Crippen molar-refractivity contribution < 1.29 is 9.59 Å². The van der Waals surface area contributed by atoms with E-state index in [1.807, 2.05) is 6.92 Å². The van der Waals surface area contributed by atoms with E-state index in [0.717, 1.165) is 4.47 Å². The second-order valence-electron chi connectivity index (χ2n) is 5.96. The van der Waals surface area contributed by atoms with Crippen LogP contribution in [-0.2, 0) is 13.2 Å². The lowest BCUT2D eigenvalue weighted by Crippen LogP contribution is -2.26. The van der Waals surface area contributed by atoms with Crippen molar-refractivity contribution in [2.24, 2.45) is 0 Å². The summed E-state index contributed by atoms with van der Waals surface area (Å²) >= 11 is 3.33. The van der Waals surface area contributed by atoms with Crippen LogP contribution in [0.3, 0.4) is 0 Å². The predicted molar refractivity (Wildman–Crippen MR) is 101 cm³/mol. The van der Waals surface area contributed by atoms with E-state index in [4.69, 9.17) is 0 Å². The number of carbonyl (C=O) groups excluding carboxylic acids is 2. The van der Waals surface area contributed by atoms with Crippen molar-refractivity contribution in [2.75, 3.05) is 19.4 Å². The van der Waals surface area contributed by atoms with E-state index < -0.39 is 5.91 Å². The minimum Gasteiger partial charge on any atom is -0.343 e. The summed E-state index contributed by atoms with van der Waals surface area (Å²) in [6.07, 6.45) is 6.63. The van der Waals surface area contributed by atoms with Gasteiger partial charge in [0.25, 0.3) is 11.8 Å². The number of carbonyl (C=O) groups is 2. The molecule has 0 aromatic carbocycles. The van der Waals surface area contributed by atoms with Crippen LogP contribution in [0, 0.1) is 0 Å². The molecule has 0 aliphatic rings. The van der Waals surface area contributed by atoms with Crippen molar-refractivity contribution >= 4 is 33.4 Å². The molecule has 3 aromatic rings. The fourth-order valence-corrected chi connectivity index (χ4v) is 2.79. The maximum absolute atomic E-state index is 12.5. The van der Waals surface area contributed by atoms with E-state index in [-0.39, 0.29) is 11.6 Å². The number of nitrogens with one attached hydrogen (secondary N) is 1. The summed E-state index contributed by atoms with van der Waals surface area (Å²) in [5, 5.41) is 15.3. The molecule has 0 aliphatic heterocycles. The Hall–Kier alpha value is -2.95. The van der Waals surface area contributed by atoms with Crippen LogP contribution in [0.2, 0.25) is 0 Å². The summed E-state index contributed by atoms with van der Waals surface area (Å²) in [6.45, 7) is 2.76. The van der Waals surface area contributed by atoms with Gasteiger partial charge in [-0.1, -0.05) is 0 Å². The molecule has 11 heteroatoms. The molecular weight excluding hydrogens is 416 g/mol. The Kier molecular flexibility index (Phi) is 5.40. The lowest BCUT2D eigenvalue weighted by atomic mass is 10.3. The number of amides is 2. The van der Waals surface area contributed by atoms with Gasteiger partial charge >= 0.3 is 0 Å². The number of hydrogen-bond donors (Lipinski definition) is 1. The largest absolute Gasteiger partial charge is 0.343 e. The zero-order valence-corrected chi connectivity index (χ0v) is 16.7. The molecule has 10 nitrogen and oxygen atoms in total. The normalized spacial score (nSPS) is 10.8. The van der Waals surface area contributed by atoms with E-state index in [0.29, 0.717) is 24.6 Å². The highest BCUT2D eigenvalue weighted by Gasteiger charge is 2.22. The van der Waals surface area contributed by atoms with Gasteiger partial charge in [0.1, 0.15) is 12.4 Å². The molecule has 27 heavy (non-hydrogen) atoms. The Bertz CT molecular complexity index is 971. The Morgan fingerprint density at radius 3 is 2.63 bits per heavy atom. The van der Waals surface area contributed by atoms with Crippen molar-refractivity contribution in [1.29, 1.82) is 0 Å². The topological polar surface area (TPSA) is 103 Å². The van der Waals surface area contributed by atoms with Crippen LogP contribution in [0.25, 0.3) is 0 Å². The third-order valence-corrected chi connectivity index (χ3v) is 4.17. The summed E-state index contributed by atoms with van der Waals surface area (Å²) in [4.78, 5) is 26.4. The number of aryl methyl sites for hydroxylation is 1. The highest BCUT2D eigenvalue weighted by Crippen LogP contribution is 2.17. The zero-order valence-electron chi connectivity index (χ0n) is 15.1. The molecule has 0 saturated heterocycles. The van der Waals surface area contributed by atoms with Gasteiger partial charge in [0.2, 0.25) is 0 Å². The number of hydrogen-bond acceptors (Lipinski definition) is 5. The fourth-order valence-electron chi connectivity index (χ4n) is 2.47. The Labute approximate surface area is 163 Å². The lowest BCUT2D eigenvalue weighted by molar-refractivity contribution is 0.0816. The van der Waals surface area contributed by atoms with Gasteiger partial charge in [-0.2, -0.15) is 15.3 Å². The number of nitrogens with zero attached hydrogens (tertiary/aromatic N) is 7. The molecule has 142 valence electrons. The summed E-state index contributed by atoms with van der Waals surface area (Å²) < 4.78 is 5.68. The number of halogens is 1. The van der Waals surface area contributed by atoms with Gasteiger partial charge in [0.05, 0.1) is 22.6 Å². The second kappa shape index (κ2) is 7.74. The van der Waals surface area contributed by atoms with Crippen molar-refractivity contribution in [1.82, 2.24) is 34.2 Å². The molecule has 0 spiro atoms. The fraction of sp³-hybridized carbons (Fsp3) is 0.312. The molecule has 0 fully saturated rings. The van der Waals surface area contributed by atoms with Gasteiger partial charge in [-0.05, 0) is 28.9 Å². The predicted octanol–water partition coefficient (Wildman–Crippen LogP) is 1.52. The van der Waals surface area contributed by atoms with Crippen LogP contribution >= 0.6 is 15.9 Å². The van der Waals surface area contributed by atoms with Gasteiger partial charge in [-0.15, -0.1) is 0 Å². The first-order valence-corrected chi connectivity index (χ1v) is 8.98. The molecule has 0 bridgehead atoms. The van der Waals surface area contributed by atoms with Crippen LogP contribution in [0.15, 0.2) is 35.3 Å². The first kappa shape index (κ1) is 18.8. The van der Waals surface area contributed by atoms with E-state index in [1.165, 1.54) is 11.1 Å². The van der Waals surface area contributed by atoms with E-state index in [1.54, 1.807) is 52.8 Å². The van der Waals surface area contributed by atoms with Crippen LogP contribution in [0.5, 0.6) is 0 Å². The van der Waals surface area contributed by atoms with Crippen LogP contribution in [0.4, 0.5) is 5.69 Å². The van der Waals surface area contributed by atoms with Crippen molar-refractivity contribution in [3.8, 4) is 0 Å². The van der Waals surface area contributed by atoms with Gasteiger partial charge in [0.15, 0.2) is 5.69 Å². The summed E-state index contributed by atoms with van der Waals surface area (Å²) in [7, 11) is 3.30. The molecule has 1 N–H and O–H groups in total. The highest BCUT2D eigenvalue weighted by atomic mass is 79.9. The van der Waals surface area contributed by atoms with Crippen molar-refractivity contribution in [2.45, 2.75) is 20.1 Å². The summed E-state index contributed by atoms with van der Waals surface area (Å²) in [5.74, 6) is -0.654. The smallest absolute Gasteiger partial charge is 0.276 e. The molecule has 0 saturated carbocycles. The molecule has 3 rings (SSSR count). The van der Waals surface area contributed by atoms with E-state index in [9.17, 15) is 9.59 Å². The van der Waals surface area contributed by atoms with Gasteiger partial charge in [-0.25, -0.2) is 4.68 Å². The van der Waals surface area contributed by atoms with E-state index in [2.05, 4.69) is 36.5 Å². The standard InChI is InChI=1S/C16H19BrN8O2/c1-4-25-14(16(27)22(2)3)13(8-19-25)20-15(26)12-5-6-23(21-12)10-24-9-11(17)7-18-24/h5-9H,4,10H2,1-3H3,(H,20,26). The minimum absolute atomic E-state index is 0.230. The molecular formula is C16H19BrN8O2. The van der Waals surface area contributed by atoms with Crippen LogP contribution in [-0.4, -0.2) is 60.2 Å². The van der Waals surface area contributed by atoms with Crippen LogP contribution in [0.1, 0.15) is 27.9 Å². The Balaban J connectivity index is 1.76. The molecule has 0 atom stereocenters. The van der Waals surface area contributed by atoms with Crippen LogP contribution < -0.4 is 5.32 Å². The first-order chi connectivity index (χ1) is 12.9. The lowest BCUT2D eigenvalue weighted by Gasteiger charge is -2.13. The summed E-state index contributed by atoms with van der Waals surface area (Å²) in [5.41, 5.74) is 0.913. The zero-order chi connectivity index (χ0) is 19.6. The number of anilines is 1. The third-order valence-electron chi connectivity index (χ3n) is 3.76. The van der Waals surface area contributed by atoms with Crippen molar-refractivity contribution in [3.63, 3.8) is 0 Å². The molecule has 2 amide bonds. The maximum Gasteiger partial charge on any atom is 0.276 e. The molecule has 3 aromatic heterocycles. The SMILES string of the molecule is CCn1ncc(NC(=O)c2ccn(Cn3cc(Br)cn3)n2)c1C(=O)N(C)C. The average Bonchev–Trinajstić information content (AvgIpc) is 3.34. The monoisotopic (exact) mass is 434 g/mol. The van der Waals surface area contributed by atoms with Gasteiger partial charge < -0.3 is 10.2 Å². The second-order valence-corrected chi connectivity index (χ2v) is 6.87. The molecule has 0 radical (unpaired) electrons. The first-order valence-electron chi connectivity index (χ1n) is 8.19. The Morgan fingerprint density at radius 1 is 1.22 bits per heavy atom. The maximum atomic E-state index is 12.5. The summed E-state index contributed by atoms with van der Waals surface area (Å²) in [6, 6.07) is 1.60. The minimum atomic E-state index is -0.418. The van der Waals surface area contributed by atoms with Crippen molar-refractivity contribution in [3.05, 3.63) is 46.7 Å². The molecule has 3 heterocycles. The number of aromatic nitrogens is 6. The molecule has 0 unspecified atom stereocenters. The Morgan fingerprint density at radius 2 is 2.00 bits per heavy atom. The van der Waals surface area contributed by atoms with Gasteiger partial charge in [-0.3, -0.25) is 19.0 Å². The van der Waals surface area contributed by atoms with Gasteiger partial charge in [0, 0.05) is 33.0 Å². The third kappa shape index (κ3) is 4.08. The number of rotatable bonds is 6. The van der Waals surface area contributed by atoms with E-state index >= 15 is 0 Å².